The highest BCUT2D eigenvalue weighted by Gasteiger charge is 2.27. The van der Waals surface area contributed by atoms with Crippen LogP contribution in [0.25, 0.3) is 33.1 Å². The van der Waals surface area contributed by atoms with E-state index in [1.54, 1.807) is 10.6 Å². The second-order valence-corrected chi connectivity index (χ2v) is 8.19. The molecule has 32 heavy (non-hydrogen) atoms. The summed E-state index contributed by atoms with van der Waals surface area (Å²) in [5.74, 6) is 0. The van der Waals surface area contributed by atoms with Crippen molar-refractivity contribution in [1.82, 2.24) is 9.55 Å². The molecule has 0 aliphatic carbocycles. The van der Waals surface area contributed by atoms with Crippen LogP contribution in [-0.4, -0.2) is 28.1 Å². The lowest BCUT2D eigenvalue weighted by Crippen LogP contribution is -2.26. The normalized spacial score (nSPS) is 12.8. The molecule has 164 valence electrons. The second kappa shape index (κ2) is 8.94. The monoisotopic (exact) mass is 494 g/mol. The molecule has 5 rings (SSSR count). The number of hydrogen-bond acceptors (Lipinski definition) is 5. The lowest BCUT2D eigenvalue weighted by Gasteiger charge is -2.14. The summed E-state index contributed by atoms with van der Waals surface area (Å²) in [4.78, 5) is 29.2. The number of nitrogens with zero attached hydrogens (tertiary/aromatic N) is 2. The number of hydrogen-bond donors (Lipinski definition) is 1. The number of aromatic nitrogens is 2. The van der Waals surface area contributed by atoms with E-state index in [1.165, 1.54) is 7.11 Å². The molecular formula is C25H23BrN2O4. The van der Waals surface area contributed by atoms with E-state index in [0.29, 0.717) is 24.2 Å². The minimum atomic E-state index is -1.39. The SMILES string of the molecule is CC.COCc1c(C(O)C=O)cc2n(c1=O)Cc1cc3c(ccc4cccc(Br)c43)nc1-2. The molecule has 2 aromatic heterocycles. The van der Waals surface area contributed by atoms with Crippen molar-refractivity contribution in [2.24, 2.45) is 0 Å². The molecule has 1 N–H and O–H groups in total. The van der Waals surface area contributed by atoms with Gasteiger partial charge in [0.05, 0.1) is 30.1 Å². The van der Waals surface area contributed by atoms with E-state index in [9.17, 15) is 14.7 Å². The van der Waals surface area contributed by atoms with E-state index in [1.807, 2.05) is 38.1 Å². The summed E-state index contributed by atoms with van der Waals surface area (Å²) < 4.78 is 7.76. The van der Waals surface area contributed by atoms with Crippen LogP contribution in [0.4, 0.5) is 0 Å². The van der Waals surface area contributed by atoms with Gasteiger partial charge in [-0.05, 0) is 29.7 Å². The van der Waals surface area contributed by atoms with Crippen LogP contribution in [0, 0.1) is 0 Å². The molecule has 4 aromatic rings. The summed E-state index contributed by atoms with van der Waals surface area (Å²) in [7, 11) is 1.47. The molecule has 7 heteroatoms. The van der Waals surface area contributed by atoms with Crippen molar-refractivity contribution < 1.29 is 14.6 Å². The van der Waals surface area contributed by atoms with Gasteiger partial charge in [0.1, 0.15) is 6.10 Å². The average molecular weight is 495 g/mol. The number of aldehydes is 1. The van der Waals surface area contributed by atoms with Gasteiger partial charge in [-0.15, -0.1) is 0 Å². The Morgan fingerprint density at radius 1 is 1.25 bits per heavy atom. The zero-order chi connectivity index (χ0) is 23.0. The Hall–Kier alpha value is -2.87. The molecule has 0 bridgehead atoms. The minimum absolute atomic E-state index is 0.0165. The fourth-order valence-electron chi connectivity index (χ4n) is 4.23. The van der Waals surface area contributed by atoms with Crippen LogP contribution in [0.5, 0.6) is 0 Å². The summed E-state index contributed by atoms with van der Waals surface area (Å²) in [5.41, 5.74) is 3.29. The summed E-state index contributed by atoms with van der Waals surface area (Å²) in [6.07, 6.45) is -0.976. The number of halogens is 1. The third kappa shape index (κ3) is 3.46. The van der Waals surface area contributed by atoms with Crippen molar-refractivity contribution in [2.75, 3.05) is 7.11 Å². The van der Waals surface area contributed by atoms with Crippen molar-refractivity contribution in [3.8, 4) is 11.4 Å². The molecular weight excluding hydrogens is 472 g/mol. The number of aliphatic hydroxyl groups is 1. The smallest absolute Gasteiger partial charge is 0.257 e. The molecule has 1 atom stereocenters. The van der Waals surface area contributed by atoms with Gasteiger partial charge in [-0.1, -0.05) is 48.0 Å². The molecule has 1 aliphatic heterocycles. The van der Waals surface area contributed by atoms with E-state index >= 15 is 0 Å². The first-order chi connectivity index (χ1) is 15.5. The zero-order valence-corrected chi connectivity index (χ0v) is 19.6. The maximum atomic E-state index is 13.1. The van der Waals surface area contributed by atoms with Gasteiger partial charge in [-0.3, -0.25) is 4.79 Å². The minimum Gasteiger partial charge on any atom is -0.381 e. The Balaban J connectivity index is 0.00000119. The van der Waals surface area contributed by atoms with Crippen LogP contribution in [0.15, 0.2) is 51.7 Å². The van der Waals surface area contributed by atoms with Crippen LogP contribution in [0.1, 0.15) is 36.6 Å². The van der Waals surface area contributed by atoms with Gasteiger partial charge < -0.3 is 19.2 Å². The standard InChI is InChI=1S/C23H17BrN2O4.C2H6/c1-30-11-16-14(20(28)10-27)8-19-22-13(9-26(19)23(16)29)7-15-18(25-22)6-5-12-3-2-4-17(24)21(12)15;1-2/h2-8,10,20,28H,9,11H2,1H3;1-2H3. The second-order valence-electron chi connectivity index (χ2n) is 7.34. The molecule has 1 unspecified atom stereocenters. The van der Waals surface area contributed by atoms with Crippen LogP contribution in [-0.2, 0) is 22.7 Å². The number of pyridine rings is 2. The molecule has 6 nitrogen and oxygen atoms in total. The highest BCUT2D eigenvalue weighted by molar-refractivity contribution is 9.10. The number of aliphatic hydroxyl groups excluding tert-OH is 1. The molecule has 0 spiro atoms. The fourth-order valence-corrected chi connectivity index (χ4v) is 4.82. The van der Waals surface area contributed by atoms with Crippen LogP contribution < -0.4 is 5.56 Å². The number of rotatable bonds is 4. The molecule has 0 amide bonds. The van der Waals surface area contributed by atoms with Gasteiger partial charge in [-0.2, -0.15) is 0 Å². The van der Waals surface area contributed by atoms with E-state index in [-0.39, 0.29) is 23.3 Å². The number of methoxy groups -OCH3 is 1. The predicted octanol–water partition coefficient (Wildman–Crippen LogP) is 4.75. The van der Waals surface area contributed by atoms with Crippen LogP contribution in [0.3, 0.4) is 0 Å². The molecule has 2 aromatic carbocycles. The number of carbonyl (C=O) groups is 1. The predicted molar refractivity (Wildman–Crippen MR) is 129 cm³/mol. The maximum Gasteiger partial charge on any atom is 0.257 e. The van der Waals surface area contributed by atoms with Gasteiger partial charge in [0.15, 0.2) is 6.29 Å². The van der Waals surface area contributed by atoms with E-state index in [0.717, 1.165) is 31.7 Å². The molecule has 1 aliphatic rings. The third-order valence-corrected chi connectivity index (χ3v) is 6.27. The summed E-state index contributed by atoms with van der Waals surface area (Å²) in [6, 6.07) is 13.8. The zero-order valence-electron chi connectivity index (χ0n) is 18.1. The molecule has 0 saturated carbocycles. The van der Waals surface area contributed by atoms with E-state index in [4.69, 9.17) is 9.72 Å². The van der Waals surface area contributed by atoms with Gasteiger partial charge in [0.2, 0.25) is 0 Å². The lowest BCUT2D eigenvalue weighted by molar-refractivity contribution is -0.115. The third-order valence-electron chi connectivity index (χ3n) is 5.61. The van der Waals surface area contributed by atoms with Gasteiger partial charge in [0, 0.05) is 39.0 Å². The average Bonchev–Trinajstić information content (AvgIpc) is 3.18. The molecule has 0 fully saturated rings. The lowest BCUT2D eigenvalue weighted by atomic mass is 10.0. The quantitative estimate of drug-likeness (QED) is 0.288. The van der Waals surface area contributed by atoms with E-state index < -0.39 is 6.10 Å². The van der Waals surface area contributed by atoms with Crippen molar-refractivity contribution in [3.63, 3.8) is 0 Å². The fraction of sp³-hybridized carbons (Fsp3) is 0.240. The Kier molecular flexibility index (Phi) is 6.24. The number of fused-ring (bicyclic) bond motifs is 6. The maximum absolute atomic E-state index is 13.1. The largest absolute Gasteiger partial charge is 0.381 e. The van der Waals surface area contributed by atoms with Crippen molar-refractivity contribution in [3.05, 3.63) is 74.0 Å². The highest BCUT2D eigenvalue weighted by Crippen LogP contribution is 2.37. The first-order valence-corrected chi connectivity index (χ1v) is 11.2. The molecule has 3 heterocycles. The summed E-state index contributed by atoms with van der Waals surface area (Å²) in [6.45, 7) is 4.39. The Morgan fingerprint density at radius 2 is 2.03 bits per heavy atom. The Bertz CT molecular complexity index is 1410. The molecule has 0 radical (unpaired) electrons. The van der Waals surface area contributed by atoms with Gasteiger partial charge in [0.25, 0.3) is 5.56 Å². The Labute approximate surface area is 193 Å². The molecule has 0 saturated heterocycles. The van der Waals surface area contributed by atoms with E-state index in [2.05, 4.69) is 28.1 Å². The summed E-state index contributed by atoms with van der Waals surface area (Å²) in [5, 5.41) is 13.3. The highest BCUT2D eigenvalue weighted by atomic mass is 79.9. The first kappa shape index (κ1) is 22.3. The number of ether oxygens (including phenoxy) is 1. The number of benzene rings is 2. The van der Waals surface area contributed by atoms with Gasteiger partial charge >= 0.3 is 0 Å². The van der Waals surface area contributed by atoms with Crippen molar-refractivity contribution in [1.29, 1.82) is 0 Å². The Morgan fingerprint density at radius 3 is 2.75 bits per heavy atom. The first-order valence-electron chi connectivity index (χ1n) is 10.4. The van der Waals surface area contributed by atoms with Crippen LogP contribution >= 0.6 is 15.9 Å². The van der Waals surface area contributed by atoms with Gasteiger partial charge in [-0.25, -0.2) is 4.98 Å². The van der Waals surface area contributed by atoms with Crippen molar-refractivity contribution >= 4 is 43.9 Å². The van der Waals surface area contributed by atoms with Crippen molar-refractivity contribution in [2.45, 2.75) is 33.1 Å². The summed E-state index contributed by atoms with van der Waals surface area (Å²) >= 11 is 3.64. The van der Waals surface area contributed by atoms with Crippen LogP contribution in [0.2, 0.25) is 0 Å². The topological polar surface area (TPSA) is 81.4 Å². The number of carbonyl (C=O) groups excluding carboxylic acids is 1.